The molecule has 3 heteroatoms. The number of ether oxygens (including phenoxy) is 1. The molecule has 0 fully saturated rings. The number of halogens is 1. The summed E-state index contributed by atoms with van der Waals surface area (Å²) < 4.78 is 18.7. The molecular formula is C14H13FO2. The SMILES string of the molecule is CC(C)OC(=O)c1ccc(F)c2ccccc12. The molecule has 0 bridgehead atoms. The number of esters is 1. The third-order valence-electron chi connectivity index (χ3n) is 2.43. The fourth-order valence-electron chi connectivity index (χ4n) is 1.72. The van der Waals surface area contributed by atoms with Crippen molar-refractivity contribution in [1.82, 2.24) is 0 Å². The lowest BCUT2D eigenvalue weighted by atomic mass is 10.0. The maximum absolute atomic E-state index is 13.5. The lowest BCUT2D eigenvalue weighted by molar-refractivity contribution is 0.0380. The van der Waals surface area contributed by atoms with Crippen LogP contribution in [-0.4, -0.2) is 12.1 Å². The van der Waals surface area contributed by atoms with Gasteiger partial charge in [-0.25, -0.2) is 9.18 Å². The van der Waals surface area contributed by atoms with Crippen molar-refractivity contribution < 1.29 is 13.9 Å². The van der Waals surface area contributed by atoms with Crippen LogP contribution in [-0.2, 0) is 4.74 Å². The van der Waals surface area contributed by atoms with Crippen molar-refractivity contribution >= 4 is 16.7 Å². The zero-order valence-electron chi connectivity index (χ0n) is 9.74. The van der Waals surface area contributed by atoms with Gasteiger partial charge in [0.25, 0.3) is 0 Å². The van der Waals surface area contributed by atoms with Crippen LogP contribution in [0.15, 0.2) is 36.4 Å². The predicted octanol–water partition coefficient (Wildman–Crippen LogP) is 3.54. The standard InChI is InChI=1S/C14H13FO2/c1-9(2)17-14(16)12-7-8-13(15)11-6-4-3-5-10(11)12/h3-9H,1-2H3. The number of rotatable bonds is 2. The summed E-state index contributed by atoms with van der Waals surface area (Å²) in [5.74, 6) is -0.752. The van der Waals surface area contributed by atoms with Crippen molar-refractivity contribution in [2.45, 2.75) is 20.0 Å². The van der Waals surface area contributed by atoms with E-state index in [1.807, 2.05) is 0 Å². The number of fused-ring (bicyclic) bond motifs is 1. The molecule has 0 aliphatic carbocycles. The van der Waals surface area contributed by atoms with Gasteiger partial charge in [-0.15, -0.1) is 0 Å². The average molecular weight is 232 g/mol. The predicted molar refractivity (Wildman–Crippen MR) is 64.5 cm³/mol. The Kier molecular flexibility index (Phi) is 3.09. The van der Waals surface area contributed by atoms with Crippen molar-refractivity contribution in [2.75, 3.05) is 0 Å². The topological polar surface area (TPSA) is 26.3 Å². The minimum Gasteiger partial charge on any atom is -0.459 e. The van der Waals surface area contributed by atoms with E-state index >= 15 is 0 Å². The van der Waals surface area contributed by atoms with Crippen LogP contribution in [0, 0.1) is 5.82 Å². The van der Waals surface area contributed by atoms with Crippen molar-refractivity contribution in [3.63, 3.8) is 0 Å². The summed E-state index contributed by atoms with van der Waals surface area (Å²) in [6.07, 6.45) is -0.189. The Balaban J connectivity index is 2.55. The molecule has 0 radical (unpaired) electrons. The van der Waals surface area contributed by atoms with Gasteiger partial charge in [0.05, 0.1) is 11.7 Å². The molecular weight excluding hydrogens is 219 g/mol. The van der Waals surface area contributed by atoms with Crippen LogP contribution in [0.5, 0.6) is 0 Å². The van der Waals surface area contributed by atoms with E-state index in [1.165, 1.54) is 12.1 Å². The van der Waals surface area contributed by atoms with E-state index in [0.29, 0.717) is 16.3 Å². The highest BCUT2D eigenvalue weighted by Gasteiger charge is 2.14. The monoisotopic (exact) mass is 232 g/mol. The summed E-state index contributed by atoms with van der Waals surface area (Å²) in [5.41, 5.74) is 0.399. The van der Waals surface area contributed by atoms with Gasteiger partial charge in [-0.3, -0.25) is 0 Å². The molecule has 0 amide bonds. The smallest absolute Gasteiger partial charge is 0.339 e. The van der Waals surface area contributed by atoms with Gasteiger partial charge in [0.1, 0.15) is 5.82 Å². The Morgan fingerprint density at radius 3 is 2.41 bits per heavy atom. The second-order valence-corrected chi connectivity index (χ2v) is 4.09. The molecule has 2 nitrogen and oxygen atoms in total. The molecule has 0 aliphatic rings. The van der Waals surface area contributed by atoms with E-state index in [2.05, 4.69) is 0 Å². The zero-order chi connectivity index (χ0) is 12.4. The van der Waals surface area contributed by atoms with Crippen LogP contribution in [0.1, 0.15) is 24.2 Å². The molecule has 17 heavy (non-hydrogen) atoms. The average Bonchev–Trinajstić information content (AvgIpc) is 2.29. The third-order valence-corrected chi connectivity index (χ3v) is 2.43. The van der Waals surface area contributed by atoms with Crippen molar-refractivity contribution in [3.8, 4) is 0 Å². The molecule has 0 aromatic heterocycles. The van der Waals surface area contributed by atoms with Gasteiger partial charge in [0.2, 0.25) is 0 Å². The van der Waals surface area contributed by atoms with E-state index in [4.69, 9.17) is 4.74 Å². The summed E-state index contributed by atoms with van der Waals surface area (Å²) in [5, 5.41) is 1.02. The van der Waals surface area contributed by atoms with E-state index in [9.17, 15) is 9.18 Å². The Bertz CT molecular complexity index is 561. The highest BCUT2D eigenvalue weighted by atomic mass is 19.1. The van der Waals surface area contributed by atoms with Gasteiger partial charge < -0.3 is 4.74 Å². The molecule has 0 atom stereocenters. The quantitative estimate of drug-likeness (QED) is 0.740. The van der Waals surface area contributed by atoms with Gasteiger partial charge in [0.15, 0.2) is 0 Å². The molecule has 88 valence electrons. The minimum atomic E-state index is -0.420. The molecule has 0 saturated heterocycles. The van der Waals surface area contributed by atoms with Crippen LogP contribution in [0.2, 0.25) is 0 Å². The largest absolute Gasteiger partial charge is 0.459 e. The summed E-state index contributed by atoms with van der Waals surface area (Å²) in [7, 11) is 0. The Morgan fingerprint density at radius 2 is 1.76 bits per heavy atom. The first-order valence-corrected chi connectivity index (χ1v) is 5.48. The molecule has 0 aliphatic heterocycles. The Labute approximate surface area is 99.0 Å². The number of hydrogen-bond acceptors (Lipinski definition) is 2. The molecule has 0 unspecified atom stereocenters. The lowest BCUT2D eigenvalue weighted by Crippen LogP contribution is -2.12. The summed E-state index contributed by atoms with van der Waals surface area (Å²) >= 11 is 0. The Morgan fingerprint density at radius 1 is 1.12 bits per heavy atom. The van der Waals surface area contributed by atoms with Gasteiger partial charge in [-0.1, -0.05) is 24.3 Å². The minimum absolute atomic E-state index is 0.189. The first-order chi connectivity index (χ1) is 8.09. The molecule has 0 heterocycles. The number of benzene rings is 2. The highest BCUT2D eigenvalue weighted by Crippen LogP contribution is 2.22. The molecule has 0 N–H and O–H groups in total. The fourth-order valence-corrected chi connectivity index (χ4v) is 1.72. The van der Waals surface area contributed by atoms with Crippen molar-refractivity contribution in [1.29, 1.82) is 0 Å². The van der Waals surface area contributed by atoms with Gasteiger partial charge in [0, 0.05) is 5.39 Å². The van der Waals surface area contributed by atoms with E-state index in [1.54, 1.807) is 38.1 Å². The molecule has 2 aromatic rings. The van der Waals surface area contributed by atoms with Gasteiger partial charge in [-0.05, 0) is 31.4 Å². The maximum atomic E-state index is 13.5. The maximum Gasteiger partial charge on any atom is 0.339 e. The molecule has 0 spiro atoms. The number of hydrogen-bond donors (Lipinski definition) is 0. The third kappa shape index (κ3) is 2.28. The van der Waals surface area contributed by atoms with E-state index in [-0.39, 0.29) is 11.9 Å². The van der Waals surface area contributed by atoms with E-state index < -0.39 is 5.97 Å². The fraction of sp³-hybridized carbons (Fsp3) is 0.214. The van der Waals surface area contributed by atoms with Crippen LogP contribution in [0.25, 0.3) is 10.8 Å². The summed E-state index contributed by atoms with van der Waals surface area (Å²) in [6.45, 7) is 3.56. The van der Waals surface area contributed by atoms with E-state index in [0.717, 1.165) is 0 Å². The zero-order valence-corrected chi connectivity index (χ0v) is 9.74. The molecule has 2 aromatic carbocycles. The number of carbonyl (C=O) groups is 1. The first-order valence-electron chi connectivity index (χ1n) is 5.48. The van der Waals surface area contributed by atoms with Crippen LogP contribution in [0.3, 0.4) is 0 Å². The molecule has 2 rings (SSSR count). The second kappa shape index (κ2) is 4.53. The highest BCUT2D eigenvalue weighted by molar-refractivity contribution is 6.04. The summed E-state index contributed by atoms with van der Waals surface area (Å²) in [6, 6.07) is 9.63. The summed E-state index contributed by atoms with van der Waals surface area (Å²) in [4.78, 5) is 11.8. The molecule has 0 saturated carbocycles. The first kappa shape index (κ1) is 11.6. The Hall–Kier alpha value is -1.90. The lowest BCUT2D eigenvalue weighted by Gasteiger charge is -2.10. The van der Waals surface area contributed by atoms with Crippen LogP contribution in [0.4, 0.5) is 4.39 Å². The van der Waals surface area contributed by atoms with Crippen molar-refractivity contribution in [3.05, 3.63) is 47.8 Å². The van der Waals surface area contributed by atoms with Crippen molar-refractivity contribution in [2.24, 2.45) is 0 Å². The normalized spacial score (nSPS) is 10.8. The van der Waals surface area contributed by atoms with Gasteiger partial charge in [-0.2, -0.15) is 0 Å². The van der Waals surface area contributed by atoms with Crippen LogP contribution >= 0.6 is 0 Å². The number of carbonyl (C=O) groups excluding carboxylic acids is 1. The van der Waals surface area contributed by atoms with Gasteiger partial charge >= 0.3 is 5.97 Å². The van der Waals surface area contributed by atoms with Crippen LogP contribution < -0.4 is 0 Å². The second-order valence-electron chi connectivity index (χ2n) is 4.09.